The van der Waals surface area contributed by atoms with Gasteiger partial charge in [0.1, 0.15) is 11.2 Å². The SMILES string of the molecule is O=P(c1ccccc1)(c1ccccc1)c1ccc(-c2nc3ccccc3c3oc4ccccc4c23)cc1. The lowest BCUT2D eigenvalue weighted by atomic mass is 10.0. The lowest BCUT2D eigenvalue weighted by Gasteiger charge is -2.20. The molecule has 2 aromatic heterocycles. The number of rotatable bonds is 4. The molecular formula is C33H22NO2P. The number of hydrogen-bond acceptors (Lipinski definition) is 3. The van der Waals surface area contributed by atoms with Crippen molar-refractivity contribution in [1.82, 2.24) is 4.98 Å². The summed E-state index contributed by atoms with van der Waals surface area (Å²) in [5.74, 6) is 0. The van der Waals surface area contributed by atoms with Gasteiger partial charge in [0.2, 0.25) is 0 Å². The first-order valence-corrected chi connectivity index (χ1v) is 14.0. The summed E-state index contributed by atoms with van der Waals surface area (Å²) in [6, 6.07) is 43.7. The van der Waals surface area contributed by atoms with Gasteiger partial charge in [0.05, 0.1) is 16.6 Å². The lowest BCUT2D eigenvalue weighted by Crippen LogP contribution is -2.24. The Kier molecular flexibility index (Phi) is 5.06. The van der Waals surface area contributed by atoms with E-state index < -0.39 is 7.14 Å². The number of aromatic nitrogens is 1. The number of nitrogens with zero attached hydrogens (tertiary/aromatic N) is 1. The Balaban J connectivity index is 1.45. The summed E-state index contributed by atoms with van der Waals surface area (Å²) < 4.78 is 21.1. The highest BCUT2D eigenvalue weighted by Crippen LogP contribution is 2.43. The third-order valence-electron chi connectivity index (χ3n) is 6.96. The molecule has 0 saturated heterocycles. The zero-order valence-electron chi connectivity index (χ0n) is 19.9. The monoisotopic (exact) mass is 495 g/mol. The van der Waals surface area contributed by atoms with E-state index in [9.17, 15) is 4.57 Å². The maximum atomic E-state index is 14.8. The van der Waals surface area contributed by atoms with Crippen LogP contribution in [-0.2, 0) is 4.57 Å². The molecule has 0 atom stereocenters. The average molecular weight is 496 g/mol. The van der Waals surface area contributed by atoms with Gasteiger partial charge in [-0.2, -0.15) is 0 Å². The molecule has 0 amide bonds. The van der Waals surface area contributed by atoms with Gasteiger partial charge in [0, 0.05) is 32.2 Å². The molecule has 2 heterocycles. The molecule has 0 saturated carbocycles. The van der Waals surface area contributed by atoms with Gasteiger partial charge in [0.25, 0.3) is 0 Å². The summed E-state index contributed by atoms with van der Waals surface area (Å²) in [6.07, 6.45) is 0. The van der Waals surface area contributed by atoms with E-state index >= 15 is 0 Å². The van der Waals surface area contributed by atoms with Crippen LogP contribution in [0.4, 0.5) is 0 Å². The van der Waals surface area contributed by atoms with Crippen molar-refractivity contribution in [2.45, 2.75) is 0 Å². The van der Waals surface area contributed by atoms with Crippen LogP contribution in [0.2, 0.25) is 0 Å². The van der Waals surface area contributed by atoms with Crippen LogP contribution >= 0.6 is 7.14 Å². The van der Waals surface area contributed by atoms with Crippen molar-refractivity contribution in [1.29, 1.82) is 0 Å². The Labute approximate surface area is 214 Å². The highest BCUT2D eigenvalue weighted by Gasteiger charge is 2.29. The number of fused-ring (bicyclic) bond motifs is 5. The summed E-state index contributed by atoms with van der Waals surface area (Å²) in [5, 5.41) is 5.46. The van der Waals surface area contributed by atoms with E-state index in [0.29, 0.717) is 0 Å². The Hall–Kier alpha value is -4.46. The molecule has 176 valence electrons. The van der Waals surface area contributed by atoms with E-state index in [1.807, 2.05) is 121 Å². The maximum absolute atomic E-state index is 14.8. The van der Waals surface area contributed by atoms with E-state index in [1.54, 1.807) is 0 Å². The van der Waals surface area contributed by atoms with Crippen LogP contribution in [0.25, 0.3) is 44.1 Å². The van der Waals surface area contributed by atoms with Crippen molar-refractivity contribution in [3.05, 3.63) is 133 Å². The summed E-state index contributed by atoms with van der Waals surface area (Å²) in [4.78, 5) is 5.08. The molecule has 0 radical (unpaired) electrons. The predicted octanol–water partition coefficient (Wildman–Crippen LogP) is 7.44. The largest absolute Gasteiger partial charge is 0.455 e. The van der Waals surface area contributed by atoms with Crippen molar-refractivity contribution in [2.24, 2.45) is 0 Å². The second-order valence-corrected chi connectivity index (χ2v) is 11.9. The molecule has 4 heteroatoms. The number of pyridine rings is 1. The number of hydrogen-bond donors (Lipinski definition) is 0. The molecule has 0 bridgehead atoms. The molecule has 0 fully saturated rings. The van der Waals surface area contributed by atoms with E-state index in [4.69, 9.17) is 9.40 Å². The quantitative estimate of drug-likeness (QED) is 0.238. The van der Waals surface area contributed by atoms with Gasteiger partial charge < -0.3 is 8.98 Å². The van der Waals surface area contributed by atoms with Crippen LogP contribution in [0.15, 0.2) is 138 Å². The Morgan fingerprint density at radius 3 is 1.76 bits per heavy atom. The Bertz CT molecular complexity index is 1900. The van der Waals surface area contributed by atoms with E-state index in [-0.39, 0.29) is 0 Å². The van der Waals surface area contributed by atoms with Crippen molar-refractivity contribution in [3.63, 3.8) is 0 Å². The molecule has 0 spiro atoms. The molecule has 7 rings (SSSR count). The second kappa shape index (κ2) is 8.58. The fraction of sp³-hybridized carbons (Fsp3) is 0. The van der Waals surface area contributed by atoms with Gasteiger partial charge >= 0.3 is 0 Å². The molecule has 37 heavy (non-hydrogen) atoms. The maximum Gasteiger partial charge on any atom is 0.171 e. The summed E-state index contributed by atoms with van der Waals surface area (Å²) in [5.41, 5.74) is 4.38. The normalized spacial score (nSPS) is 11.9. The van der Waals surface area contributed by atoms with Gasteiger partial charge in [0.15, 0.2) is 7.14 Å². The van der Waals surface area contributed by atoms with Crippen molar-refractivity contribution in [3.8, 4) is 11.3 Å². The van der Waals surface area contributed by atoms with Crippen molar-refractivity contribution >= 4 is 55.9 Å². The van der Waals surface area contributed by atoms with Crippen LogP contribution in [-0.4, -0.2) is 4.98 Å². The van der Waals surface area contributed by atoms with Crippen molar-refractivity contribution < 1.29 is 8.98 Å². The summed E-state index contributed by atoms with van der Waals surface area (Å²) in [6.45, 7) is 0. The van der Waals surface area contributed by atoms with E-state index in [0.717, 1.165) is 60.0 Å². The molecule has 0 aliphatic heterocycles. The van der Waals surface area contributed by atoms with Crippen LogP contribution in [0, 0.1) is 0 Å². The van der Waals surface area contributed by atoms with Crippen LogP contribution in [0.3, 0.4) is 0 Å². The minimum absolute atomic E-state index is 0.794. The highest BCUT2D eigenvalue weighted by atomic mass is 31.2. The third-order valence-corrected chi connectivity index (χ3v) is 10.0. The summed E-state index contributed by atoms with van der Waals surface area (Å²) >= 11 is 0. The zero-order valence-corrected chi connectivity index (χ0v) is 20.8. The highest BCUT2D eigenvalue weighted by molar-refractivity contribution is 7.85. The number of para-hydroxylation sites is 2. The Morgan fingerprint density at radius 1 is 0.541 bits per heavy atom. The minimum atomic E-state index is -3.04. The third kappa shape index (κ3) is 3.43. The summed E-state index contributed by atoms with van der Waals surface area (Å²) in [7, 11) is -3.04. The molecule has 0 aliphatic carbocycles. The predicted molar refractivity (Wildman–Crippen MR) is 154 cm³/mol. The van der Waals surface area contributed by atoms with Crippen LogP contribution in [0.1, 0.15) is 0 Å². The fourth-order valence-electron chi connectivity index (χ4n) is 5.17. The second-order valence-electron chi connectivity index (χ2n) is 9.11. The Morgan fingerprint density at radius 2 is 1.08 bits per heavy atom. The van der Waals surface area contributed by atoms with E-state index in [1.165, 1.54) is 0 Å². The fourth-order valence-corrected chi connectivity index (χ4v) is 7.82. The lowest BCUT2D eigenvalue weighted by molar-refractivity contribution is 0.592. The number of furan rings is 1. The average Bonchev–Trinajstić information content (AvgIpc) is 3.37. The molecule has 0 unspecified atom stereocenters. The van der Waals surface area contributed by atoms with Gasteiger partial charge in [-0.1, -0.05) is 115 Å². The molecule has 7 aromatic rings. The van der Waals surface area contributed by atoms with Crippen LogP contribution in [0.5, 0.6) is 0 Å². The molecule has 3 nitrogen and oxygen atoms in total. The molecular weight excluding hydrogens is 473 g/mol. The minimum Gasteiger partial charge on any atom is -0.455 e. The molecule has 0 N–H and O–H groups in total. The van der Waals surface area contributed by atoms with E-state index in [2.05, 4.69) is 12.1 Å². The van der Waals surface area contributed by atoms with Gasteiger partial charge in [-0.15, -0.1) is 0 Å². The zero-order chi connectivity index (χ0) is 24.8. The topological polar surface area (TPSA) is 43.1 Å². The van der Waals surface area contributed by atoms with Gasteiger partial charge in [-0.3, -0.25) is 0 Å². The first-order valence-electron chi connectivity index (χ1n) is 12.3. The van der Waals surface area contributed by atoms with Gasteiger partial charge in [-0.05, 0) is 18.2 Å². The molecule has 0 aliphatic rings. The smallest absolute Gasteiger partial charge is 0.171 e. The first kappa shape index (κ1) is 21.8. The first-order chi connectivity index (χ1) is 18.2. The van der Waals surface area contributed by atoms with Gasteiger partial charge in [-0.25, -0.2) is 4.98 Å². The molecule has 5 aromatic carbocycles. The van der Waals surface area contributed by atoms with Crippen molar-refractivity contribution in [2.75, 3.05) is 0 Å². The number of benzene rings is 5. The standard InChI is InChI=1S/C33H22NO2P/c35-37(24-11-3-1-4-12-24,25-13-5-2-6-14-25)26-21-19-23(20-22-26)32-31-28-16-8-10-18-30(28)36-33(31)27-15-7-9-17-29(27)34-32/h1-22H. The van der Waals surface area contributed by atoms with Crippen LogP contribution < -0.4 is 15.9 Å².